The summed E-state index contributed by atoms with van der Waals surface area (Å²) >= 11 is 0. The molecule has 17 heavy (non-hydrogen) atoms. The molecule has 0 aromatic carbocycles. The first-order valence-electron chi connectivity index (χ1n) is 5.02. The summed E-state index contributed by atoms with van der Waals surface area (Å²) in [4.78, 5) is 14.3. The second-order valence-electron chi connectivity index (χ2n) is 2.57. The largest absolute Gasteiger partial charge is 0.394 e. The third-order valence-corrected chi connectivity index (χ3v) is 1.22. The molecule has 0 rings (SSSR count). The van der Waals surface area contributed by atoms with Crippen molar-refractivity contribution in [1.82, 2.24) is 0 Å². The van der Waals surface area contributed by atoms with E-state index < -0.39 is 8.25 Å². The van der Waals surface area contributed by atoms with Crippen molar-refractivity contribution in [1.29, 1.82) is 0 Å². The number of ether oxygens (including phenoxy) is 3. The van der Waals surface area contributed by atoms with E-state index >= 15 is 0 Å². The molecule has 0 radical (unpaired) electrons. The van der Waals surface area contributed by atoms with Crippen LogP contribution in [0.5, 0.6) is 0 Å². The zero-order valence-electron chi connectivity index (χ0n) is 9.58. The first-order chi connectivity index (χ1) is 8.15. The average molecular weight is 276 g/mol. The lowest BCUT2D eigenvalue weighted by atomic mass is 10.7. The Morgan fingerprint density at radius 3 is 1.18 bits per heavy atom. The maximum absolute atomic E-state index is 8.74. The minimum Gasteiger partial charge on any atom is -0.394 e. The fraction of sp³-hybridized carbons (Fsp3) is 1.00. The van der Waals surface area contributed by atoms with Crippen LogP contribution in [0.2, 0.25) is 0 Å². The topological polar surface area (TPSA) is 126 Å². The second-order valence-corrected chi connectivity index (χ2v) is 3.13. The van der Waals surface area contributed by atoms with Crippen LogP contribution in [0.4, 0.5) is 0 Å². The van der Waals surface area contributed by atoms with Gasteiger partial charge in [-0.1, -0.05) is 0 Å². The monoisotopic (exact) mass is 276 g/mol. The maximum atomic E-state index is 8.74. The van der Waals surface area contributed by atoms with Gasteiger partial charge in [-0.3, -0.25) is 4.57 Å². The van der Waals surface area contributed by atoms with E-state index in [9.17, 15) is 0 Å². The summed E-state index contributed by atoms with van der Waals surface area (Å²) in [7, 11) is -3.13. The van der Waals surface area contributed by atoms with Crippen molar-refractivity contribution < 1.29 is 38.8 Å². The molecule has 0 aliphatic rings. The van der Waals surface area contributed by atoms with E-state index in [1.807, 2.05) is 0 Å². The Bertz CT molecular complexity index is 142. The molecule has 8 nitrogen and oxygen atoms in total. The standard InChI is InChI=1S/C8H18O5.H3O3P/c9-1-3-11-5-7-13-8-6-12-4-2-10;1-4(2)3/h9-10H,1-8H2;4H,(H2,1,2,3). The van der Waals surface area contributed by atoms with Gasteiger partial charge in [-0.2, -0.15) is 0 Å². The van der Waals surface area contributed by atoms with Gasteiger partial charge in [-0.05, 0) is 0 Å². The molecule has 0 aromatic rings. The van der Waals surface area contributed by atoms with Crippen molar-refractivity contribution in [2.24, 2.45) is 0 Å². The number of aliphatic hydroxyl groups is 2. The van der Waals surface area contributed by atoms with Crippen LogP contribution in [0.15, 0.2) is 0 Å². The molecule has 0 heterocycles. The van der Waals surface area contributed by atoms with Gasteiger partial charge in [-0.15, -0.1) is 0 Å². The summed E-state index contributed by atoms with van der Waals surface area (Å²) in [5, 5.41) is 16.7. The van der Waals surface area contributed by atoms with Crippen molar-refractivity contribution in [3.05, 3.63) is 0 Å². The molecule has 0 saturated carbocycles. The van der Waals surface area contributed by atoms with E-state index in [0.29, 0.717) is 39.6 Å². The van der Waals surface area contributed by atoms with Crippen LogP contribution < -0.4 is 0 Å². The van der Waals surface area contributed by atoms with Gasteiger partial charge >= 0.3 is 8.25 Å². The van der Waals surface area contributed by atoms with Crippen molar-refractivity contribution in [3.63, 3.8) is 0 Å². The van der Waals surface area contributed by atoms with E-state index in [1.54, 1.807) is 0 Å². The lowest BCUT2D eigenvalue weighted by molar-refractivity contribution is 0.00230. The third kappa shape index (κ3) is 31.4. The smallest absolute Gasteiger partial charge is 0.314 e. The Kier molecular flexibility index (Phi) is 20.8. The van der Waals surface area contributed by atoms with Crippen molar-refractivity contribution in [2.45, 2.75) is 0 Å². The van der Waals surface area contributed by atoms with Crippen LogP contribution in [0, 0.1) is 0 Å². The Morgan fingerprint density at radius 2 is 0.941 bits per heavy atom. The molecular weight excluding hydrogens is 255 g/mol. The first-order valence-corrected chi connectivity index (χ1v) is 6.32. The Morgan fingerprint density at radius 1 is 0.706 bits per heavy atom. The molecule has 0 spiro atoms. The summed E-state index contributed by atoms with van der Waals surface area (Å²) in [5.74, 6) is 0. The van der Waals surface area contributed by atoms with Crippen LogP contribution >= 0.6 is 8.25 Å². The Labute approximate surface area is 101 Å². The highest BCUT2D eigenvalue weighted by Crippen LogP contribution is 1.98. The molecule has 106 valence electrons. The van der Waals surface area contributed by atoms with Gasteiger partial charge in [-0.25, -0.2) is 0 Å². The number of rotatable bonds is 10. The van der Waals surface area contributed by atoms with Gasteiger partial charge < -0.3 is 34.2 Å². The molecule has 0 aliphatic heterocycles. The highest BCUT2D eigenvalue weighted by Gasteiger charge is 1.89. The van der Waals surface area contributed by atoms with Crippen molar-refractivity contribution in [2.75, 3.05) is 52.9 Å². The van der Waals surface area contributed by atoms with Crippen LogP contribution in [0.1, 0.15) is 0 Å². The molecule has 0 aromatic heterocycles. The Balaban J connectivity index is 0. The van der Waals surface area contributed by atoms with Gasteiger partial charge in [0.15, 0.2) is 0 Å². The van der Waals surface area contributed by atoms with Gasteiger partial charge in [0, 0.05) is 0 Å². The van der Waals surface area contributed by atoms with Crippen LogP contribution in [0.25, 0.3) is 0 Å². The SMILES string of the molecule is O=[PH](O)O.OCCOCCOCCOCCO. The van der Waals surface area contributed by atoms with E-state index in [1.165, 1.54) is 0 Å². The van der Waals surface area contributed by atoms with E-state index in [4.69, 9.17) is 38.8 Å². The fourth-order valence-corrected chi connectivity index (χ4v) is 0.671. The first kappa shape index (κ1) is 19.3. The predicted octanol–water partition coefficient (Wildman–Crippen LogP) is -1.62. The zero-order chi connectivity index (χ0) is 13.4. The number of hydrogen-bond acceptors (Lipinski definition) is 6. The molecule has 9 heteroatoms. The fourth-order valence-electron chi connectivity index (χ4n) is 0.671. The minimum absolute atomic E-state index is 0.0413. The lowest BCUT2D eigenvalue weighted by Crippen LogP contribution is -2.11. The van der Waals surface area contributed by atoms with Gasteiger partial charge in [0.05, 0.1) is 52.9 Å². The highest BCUT2D eigenvalue weighted by atomic mass is 31.1. The van der Waals surface area contributed by atoms with Crippen LogP contribution in [0.3, 0.4) is 0 Å². The Hall–Kier alpha value is -0.0500. The van der Waals surface area contributed by atoms with Gasteiger partial charge in [0.25, 0.3) is 0 Å². The van der Waals surface area contributed by atoms with Gasteiger partial charge in [0.2, 0.25) is 0 Å². The summed E-state index contributed by atoms with van der Waals surface area (Å²) in [6.45, 7) is 2.76. The third-order valence-electron chi connectivity index (χ3n) is 1.22. The molecule has 0 unspecified atom stereocenters. The molecule has 0 fully saturated rings. The molecular formula is C8H21O8P. The van der Waals surface area contributed by atoms with Crippen LogP contribution in [-0.2, 0) is 18.8 Å². The van der Waals surface area contributed by atoms with Gasteiger partial charge in [0.1, 0.15) is 0 Å². The van der Waals surface area contributed by atoms with E-state index in [-0.39, 0.29) is 13.2 Å². The summed E-state index contributed by atoms with van der Waals surface area (Å²) in [6, 6.07) is 0. The van der Waals surface area contributed by atoms with Crippen LogP contribution in [-0.4, -0.2) is 72.9 Å². The summed E-state index contributed by atoms with van der Waals surface area (Å²) in [5.41, 5.74) is 0. The van der Waals surface area contributed by atoms with Crippen molar-refractivity contribution >= 4 is 8.25 Å². The summed E-state index contributed by atoms with van der Waals surface area (Å²) < 4.78 is 23.8. The molecule has 0 saturated heterocycles. The molecule has 0 amide bonds. The second kappa shape index (κ2) is 18.3. The average Bonchev–Trinajstić information content (AvgIpc) is 2.26. The van der Waals surface area contributed by atoms with Crippen molar-refractivity contribution in [3.8, 4) is 0 Å². The van der Waals surface area contributed by atoms with E-state index in [2.05, 4.69) is 0 Å². The highest BCUT2D eigenvalue weighted by molar-refractivity contribution is 7.30. The molecule has 0 aliphatic carbocycles. The number of hydrogen-bond donors (Lipinski definition) is 4. The maximum Gasteiger partial charge on any atom is 0.314 e. The van der Waals surface area contributed by atoms with E-state index in [0.717, 1.165) is 0 Å². The quantitative estimate of drug-likeness (QED) is 0.277. The normalized spacial score (nSPS) is 10.2. The molecule has 0 atom stereocenters. The predicted molar refractivity (Wildman–Crippen MR) is 60.1 cm³/mol. The summed E-state index contributed by atoms with van der Waals surface area (Å²) in [6.07, 6.45) is 0. The minimum atomic E-state index is -3.13. The lowest BCUT2D eigenvalue weighted by Gasteiger charge is -2.04. The molecule has 0 bridgehead atoms. The molecule has 4 N–H and O–H groups in total. The number of aliphatic hydroxyl groups excluding tert-OH is 2. The zero-order valence-corrected chi connectivity index (χ0v) is 10.6.